The molecule has 0 radical (unpaired) electrons. The minimum atomic E-state index is -1.29. The van der Waals surface area contributed by atoms with Gasteiger partial charge in [-0.1, -0.05) is 102 Å². The summed E-state index contributed by atoms with van der Waals surface area (Å²) in [5.41, 5.74) is 0. The van der Waals surface area contributed by atoms with Gasteiger partial charge in [0.05, 0.1) is 13.1 Å². The Kier molecular flexibility index (Phi) is 27.9. The number of carbonyl (C=O) groups is 4. The zero-order valence-corrected chi connectivity index (χ0v) is 27.2. The fourth-order valence-corrected chi connectivity index (χ4v) is 4.99. The number of nitrogens with one attached hydrogen (secondary N) is 1. The van der Waals surface area contributed by atoms with E-state index in [-0.39, 0.29) is 12.3 Å². The Hall–Kier alpha value is -3.04. The van der Waals surface area contributed by atoms with Gasteiger partial charge in [-0.15, -0.1) is 0 Å². The second-order valence-corrected chi connectivity index (χ2v) is 11.5. The smallest absolute Gasteiger partial charge is 0.320 e. The molecule has 0 aliphatic heterocycles. The lowest BCUT2D eigenvalue weighted by atomic mass is 10.1. The highest BCUT2D eigenvalue weighted by Gasteiger charge is 2.28. The fraction of sp³-hybridized carbons (Fsp3) is 0.771. The van der Waals surface area contributed by atoms with Crippen molar-refractivity contribution in [2.24, 2.45) is 0 Å². The SMILES string of the molecule is CCCCCCCCCCCCC#CC#CCCCCCCCC[14C](=O)NCCCCC(C(=O)O)N(CC(=O)O)CC(=O)O. The highest BCUT2D eigenvalue weighted by atomic mass is 16.4. The van der Waals surface area contributed by atoms with Crippen molar-refractivity contribution in [3.05, 3.63) is 0 Å². The van der Waals surface area contributed by atoms with Crippen molar-refractivity contribution in [2.45, 2.75) is 154 Å². The van der Waals surface area contributed by atoms with Crippen LogP contribution in [0.4, 0.5) is 0 Å². The number of carboxylic acids is 3. The van der Waals surface area contributed by atoms with Gasteiger partial charge >= 0.3 is 17.9 Å². The number of aliphatic carboxylic acids is 3. The molecule has 1 amide bonds. The Morgan fingerprint density at radius 1 is 0.659 bits per heavy atom. The molecule has 0 aliphatic rings. The van der Waals surface area contributed by atoms with Gasteiger partial charge in [0.15, 0.2) is 0 Å². The second kappa shape index (κ2) is 30.0. The van der Waals surface area contributed by atoms with Crippen LogP contribution in [0.1, 0.15) is 148 Å². The monoisotopic (exact) mass is 620 g/mol. The lowest BCUT2D eigenvalue weighted by molar-refractivity contribution is -0.149. The number of rotatable bonds is 29. The number of carboxylic acid groups (broad SMARTS) is 3. The molecule has 1 unspecified atom stereocenters. The molecule has 0 saturated carbocycles. The van der Waals surface area contributed by atoms with Crippen LogP contribution in [0.5, 0.6) is 0 Å². The van der Waals surface area contributed by atoms with Crippen molar-refractivity contribution in [3.8, 4) is 23.7 Å². The molecule has 0 saturated heterocycles. The third-order valence-corrected chi connectivity index (χ3v) is 7.48. The van der Waals surface area contributed by atoms with E-state index in [1.165, 1.54) is 64.2 Å². The van der Waals surface area contributed by atoms with Crippen LogP contribution in [0.25, 0.3) is 0 Å². The summed E-state index contributed by atoms with van der Waals surface area (Å²) in [6, 6.07) is -1.21. The first-order chi connectivity index (χ1) is 21.3. The van der Waals surface area contributed by atoms with E-state index in [1.54, 1.807) is 0 Å². The predicted octanol–water partition coefficient (Wildman–Crippen LogP) is 6.64. The van der Waals surface area contributed by atoms with E-state index in [0.29, 0.717) is 25.8 Å². The van der Waals surface area contributed by atoms with Crippen LogP contribution >= 0.6 is 0 Å². The van der Waals surface area contributed by atoms with Crippen LogP contribution in [0, 0.1) is 23.7 Å². The average molecular weight is 621 g/mol. The van der Waals surface area contributed by atoms with Gasteiger partial charge in [-0.25, -0.2) is 0 Å². The molecule has 250 valence electrons. The maximum Gasteiger partial charge on any atom is 0.320 e. The maximum absolute atomic E-state index is 12.0. The molecule has 4 N–H and O–H groups in total. The van der Waals surface area contributed by atoms with Gasteiger partial charge in [-0.05, 0) is 50.4 Å². The highest BCUT2D eigenvalue weighted by molar-refractivity contribution is 5.78. The van der Waals surface area contributed by atoms with Crippen molar-refractivity contribution >= 4 is 23.8 Å². The molecule has 9 nitrogen and oxygen atoms in total. The fourth-order valence-electron chi connectivity index (χ4n) is 4.99. The Balaban J connectivity index is 3.70. The molecule has 44 heavy (non-hydrogen) atoms. The molecule has 0 fully saturated rings. The van der Waals surface area contributed by atoms with E-state index in [1.807, 2.05) is 0 Å². The van der Waals surface area contributed by atoms with Crippen LogP contribution in [-0.4, -0.2) is 69.7 Å². The molecule has 0 rings (SSSR count). The quantitative estimate of drug-likeness (QED) is 0.0538. The Labute approximate surface area is 265 Å². The Bertz CT molecular complexity index is 898. The third-order valence-electron chi connectivity index (χ3n) is 7.48. The van der Waals surface area contributed by atoms with Crippen LogP contribution < -0.4 is 5.32 Å². The number of hydrogen-bond acceptors (Lipinski definition) is 5. The second-order valence-electron chi connectivity index (χ2n) is 11.5. The summed E-state index contributed by atoms with van der Waals surface area (Å²) in [6.07, 6.45) is 22.9. The minimum absolute atomic E-state index is 0.0392. The summed E-state index contributed by atoms with van der Waals surface area (Å²) in [7, 11) is 0. The van der Waals surface area contributed by atoms with E-state index in [4.69, 9.17) is 10.2 Å². The summed E-state index contributed by atoms with van der Waals surface area (Å²) >= 11 is 0. The predicted molar refractivity (Wildman–Crippen MR) is 174 cm³/mol. The Morgan fingerprint density at radius 3 is 1.57 bits per heavy atom. The van der Waals surface area contributed by atoms with Crippen LogP contribution in [0.2, 0.25) is 0 Å². The van der Waals surface area contributed by atoms with Crippen molar-refractivity contribution in [1.82, 2.24) is 10.2 Å². The molecule has 1 atom stereocenters. The first-order valence-corrected chi connectivity index (χ1v) is 16.9. The standard InChI is InChI=1S/C35H58N2O7/c1-2-3-4-5-6-7-8-9-10-11-12-13-14-15-16-17-18-19-20-21-22-23-27-32(38)36-28-25-24-26-31(35(43)44)37(29-33(39)40)30-34(41)42/h31H,2-12,17-30H2,1H3,(H,36,38)(H,39,40)(H,41,42)(H,43,44)/i32+2. The molecule has 0 aliphatic carbocycles. The number of nitrogens with zero attached hydrogens (tertiary/aromatic N) is 1. The van der Waals surface area contributed by atoms with Gasteiger partial charge in [0, 0.05) is 25.8 Å². The van der Waals surface area contributed by atoms with Crippen molar-refractivity contribution in [2.75, 3.05) is 19.6 Å². The molecule has 9 heteroatoms. The summed E-state index contributed by atoms with van der Waals surface area (Å²) in [5.74, 6) is 8.40. The zero-order valence-electron chi connectivity index (χ0n) is 27.2. The number of amides is 1. The normalized spacial score (nSPS) is 11.2. The molecule has 0 heterocycles. The average Bonchev–Trinajstić information content (AvgIpc) is 2.96. The third kappa shape index (κ3) is 27.8. The Morgan fingerprint density at radius 2 is 1.11 bits per heavy atom. The molecule has 0 spiro atoms. The van der Waals surface area contributed by atoms with E-state index in [9.17, 15) is 24.3 Å². The van der Waals surface area contributed by atoms with E-state index in [2.05, 4.69) is 35.9 Å². The molecular weight excluding hydrogens is 562 g/mol. The van der Waals surface area contributed by atoms with E-state index < -0.39 is 37.0 Å². The zero-order chi connectivity index (χ0) is 32.7. The van der Waals surface area contributed by atoms with Crippen molar-refractivity contribution in [3.63, 3.8) is 0 Å². The van der Waals surface area contributed by atoms with E-state index >= 15 is 0 Å². The molecule has 0 aromatic carbocycles. The number of hydrogen-bond donors (Lipinski definition) is 4. The van der Waals surface area contributed by atoms with Gasteiger partial charge in [0.25, 0.3) is 0 Å². The summed E-state index contributed by atoms with van der Waals surface area (Å²) in [4.78, 5) is 46.4. The summed E-state index contributed by atoms with van der Waals surface area (Å²) < 4.78 is 0. The van der Waals surface area contributed by atoms with Gasteiger partial charge in [-0.3, -0.25) is 24.1 Å². The maximum atomic E-state index is 12.0. The first-order valence-electron chi connectivity index (χ1n) is 16.9. The minimum Gasteiger partial charge on any atom is -0.480 e. The van der Waals surface area contributed by atoms with Gasteiger partial charge in [0.1, 0.15) is 6.04 Å². The topological polar surface area (TPSA) is 144 Å². The van der Waals surface area contributed by atoms with Crippen molar-refractivity contribution < 1.29 is 34.5 Å². The lowest BCUT2D eigenvalue weighted by Gasteiger charge is -2.25. The molecule has 0 bridgehead atoms. The van der Waals surface area contributed by atoms with Crippen LogP contribution in [0.3, 0.4) is 0 Å². The lowest BCUT2D eigenvalue weighted by Crippen LogP contribution is -2.46. The van der Waals surface area contributed by atoms with Gasteiger partial charge in [0.2, 0.25) is 5.91 Å². The number of unbranched alkanes of at least 4 members (excludes halogenated alkanes) is 17. The molecule has 0 aromatic heterocycles. The molecule has 0 aromatic rings. The number of carbonyl (C=O) groups excluding carboxylic acids is 1. The van der Waals surface area contributed by atoms with Gasteiger partial charge in [-0.2, -0.15) is 0 Å². The molecular formula is C35H58N2O7. The van der Waals surface area contributed by atoms with E-state index in [0.717, 1.165) is 56.3 Å². The van der Waals surface area contributed by atoms with Crippen molar-refractivity contribution in [1.29, 1.82) is 0 Å². The van der Waals surface area contributed by atoms with Crippen LogP contribution in [-0.2, 0) is 19.2 Å². The summed E-state index contributed by atoms with van der Waals surface area (Å²) in [5, 5.41) is 30.1. The first kappa shape index (κ1) is 41.0. The van der Waals surface area contributed by atoms with Crippen LogP contribution in [0.15, 0.2) is 0 Å². The van der Waals surface area contributed by atoms with Gasteiger partial charge < -0.3 is 20.6 Å². The largest absolute Gasteiger partial charge is 0.480 e. The highest BCUT2D eigenvalue weighted by Crippen LogP contribution is 2.12. The summed E-state index contributed by atoms with van der Waals surface area (Å²) in [6.45, 7) is 1.33.